The molecule has 1 aliphatic carbocycles. The molecule has 0 bridgehead atoms. The zero-order valence-corrected chi connectivity index (χ0v) is 11.5. The first-order chi connectivity index (χ1) is 8.61. The van der Waals surface area contributed by atoms with Crippen LogP contribution < -0.4 is 10.6 Å². The molecular formula is C14H19ClN2O. The molecule has 0 aromatic heterocycles. The quantitative estimate of drug-likeness (QED) is 0.858. The van der Waals surface area contributed by atoms with E-state index in [4.69, 9.17) is 11.6 Å². The van der Waals surface area contributed by atoms with Gasteiger partial charge in [0.15, 0.2) is 0 Å². The van der Waals surface area contributed by atoms with Crippen LogP contribution in [0.2, 0.25) is 5.02 Å². The summed E-state index contributed by atoms with van der Waals surface area (Å²) in [7, 11) is 1.89. The number of halogens is 1. The number of hydrogen-bond donors (Lipinski definition) is 2. The molecule has 1 amide bonds. The van der Waals surface area contributed by atoms with E-state index < -0.39 is 0 Å². The zero-order valence-electron chi connectivity index (χ0n) is 10.7. The maximum absolute atomic E-state index is 11.9. The largest absolute Gasteiger partial charge is 0.354 e. The van der Waals surface area contributed by atoms with Crippen molar-refractivity contribution in [2.45, 2.75) is 25.3 Å². The molecule has 3 nitrogen and oxygen atoms in total. The summed E-state index contributed by atoms with van der Waals surface area (Å²) < 4.78 is 0. The monoisotopic (exact) mass is 266 g/mol. The Labute approximate surface area is 113 Å². The van der Waals surface area contributed by atoms with E-state index in [1.54, 1.807) is 0 Å². The Morgan fingerprint density at radius 2 is 2.33 bits per heavy atom. The van der Waals surface area contributed by atoms with Gasteiger partial charge >= 0.3 is 0 Å². The maximum Gasteiger partial charge on any atom is 0.223 e. The number of benzene rings is 1. The summed E-state index contributed by atoms with van der Waals surface area (Å²) in [4.78, 5) is 11.9. The molecule has 4 heteroatoms. The van der Waals surface area contributed by atoms with Gasteiger partial charge in [-0.15, -0.1) is 0 Å². The molecule has 0 heterocycles. The summed E-state index contributed by atoms with van der Waals surface area (Å²) in [5, 5.41) is 6.81. The number of carbonyl (C=O) groups excluding carboxylic acids is 1. The van der Waals surface area contributed by atoms with Crippen LogP contribution in [-0.4, -0.2) is 25.5 Å². The Balaban J connectivity index is 1.85. The number of hydrogen-bond acceptors (Lipinski definition) is 2. The normalized spacial score (nSPS) is 23.5. The molecule has 0 spiro atoms. The van der Waals surface area contributed by atoms with Gasteiger partial charge < -0.3 is 10.6 Å². The minimum Gasteiger partial charge on any atom is -0.354 e. The minimum absolute atomic E-state index is 0.118. The van der Waals surface area contributed by atoms with Gasteiger partial charge in [-0.1, -0.05) is 23.7 Å². The highest BCUT2D eigenvalue weighted by Gasteiger charge is 2.43. The predicted octanol–water partition coefficient (Wildman–Crippen LogP) is 2.17. The third-order valence-corrected chi connectivity index (χ3v) is 3.71. The van der Waals surface area contributed by atoms with Gasteiger partial charge in [0, 0.05) is 23.5 Å². The lowest BCUT2D eigenvalue weighted by atomic mass is 10.1. The van der Waals surface area contributed by atoms with Crippen LogP contribution in [0, 0.1) is 5.92 Å². The van der Waals surface area contributed by atoms with Crippen molar-refractivity contribution in [1.29, 1.82) is 0 Å². The van der Waals surface area contributed by atoms with Gasteiger partial charge in [0.1, 0.15) is 0 Å². The number of carbonyl (C=O) groups is 1. The fraction of sp³-hybridized carbons (Fsp3) is 0.500. The van der Waals surface area contributed by atoms with E-state index in [2.05, 4.69) is 10.6 Å². The Morgan fingerprint density at radius 3 is 3.00 bits per heavy atom. The summed E-state index contributed by atoms with van der Waals surface area (Å²) in [5.74, 6) is 0.614. The van der Waals surface area contributed by atoms with Crippen molar-refractivity contribution >= 4 is 17.5 Å². The fourth-order valence-electron chi connectivity index (χ4n) is 2.08. The average molecular weight is 267 g/mol. The SMILES string of the molecule is CNC(C)CNC(=O)C1CC1c1cccc(Cl)c1. The molecule has 1 saturated carbocycles. The van der Waals surface area contributed by atoms with Crippen molar-refractivity contribution in [3.05, 3.63) is 34.9 Å². The van der Waals surface area contributed by atoms with E-state index in [1.165, 1.54) is 5.56 Å². The van der Waals surface area contributed by atoms with Crippen molar-refractivity contribution in [2.75, 3.05) is 13.6 Å². The van der Waals surface area contributed by atoms with E-state index in [0.717, 1.165) is 11.4 Å². The average Bonchev–Trinajstić information content (AvgIpc) is 3.15. The zero-order chi connectivity index (χ0) is 13.1. The smallest absolute Gasteiger partial charge is 0.223 e. The van der Waals surface area contributed by atoms with E-state index >= 15 is 0 Å². The summed E-state index contributed by atoms with van der Waals surface area (Å²) in [6, 6.07) is 8.10. The van der Waals surface area contributed by atoms with E-state index in [1.807, 2.05) is 38.2 Å². The minimum atomic E-state index is 0.118. The van der Waals surface area contributed by atoms with Crippen molar-refractivity contribution in [3.63, 3.8) is 0 Å². The van der Waals surface area contributed by atoms with Crippen LogP contribution in [0.25, 0.3) is 0 Å². The van der Waals surface area contributed by atoms with Gasteiger partial charge in [-0.25, -0.2) is 0 Å². The van der Waals surface area contributed by atoms with Crippen molar-refractivity contribution in [1.82, 2.24) is 10.6 Å². The maximum atomic E-state index is 11.9. The molecule has 0 aliphatic heterocycles. The Kier molecular flexibility index (Phi) is 4.25. The highest BCUT2D eigenvalue weighted by molar-refractivity contribution is 6.30. The van der Waals surface area contributed by atoms with Crippen molar-refractivity contribution in [3.8, 4) is 0 Å². The second-order valence-corrected chi connectivity index (χ2v) is 5.38. The Hall–Kier alpha value is -1.06. The van der Waals surface area contributed by atoms with Gasteiger partial charge in [-0.2, -0.15) is 0 Å². The summed E-state index contributed by atoms with van der Waals surface area (Å²) in [6.45, 7) is 2.72. The van der Waals surface area contributed by atoms with E-state index in [-0.39, 0.29) is 11.8 Å². The molecule has 1 aliphatic rings. The highest BCUT2D eigenvalue weighted by atomic mass is 35.5. The fourth-order valence-corrected chi connectivity index (χ4v) is 2.28. The second-order valence-electron chi connectivity index (χ2n) is 4.94. The first kappa shape index (κ1) is 13.4. The van der Waals surface area contributed by atoms with Crippen LogP contribution in [-0.2, 0) is 4.79 Å². The number of amides is 1. The van der Waals surface area contributed by atoms with Gasteiger partial charge in [0.2, 0.25) is 5.91 Å². The Morgan fingerprint density at radius 1 is 1.56 bits per heavy atom. The number of nitrogens with one attached hydrogen (secondary N) is 2. The van der Waals surface area contributed by atoms with Crippen LogP contribution in [0.3, 0.4) is 0 Å². The van der Waals surface area contributed by atoms with Gasteiger partial charge in [0.25, 0.3) is 0 Å². The summed E-state index contributed by atoms with van der Waals surface area (Å²) >= 11 is 5.96. The number of rotatable bonds is 5. The molecule has 18 heavy (non-hydrogen) atoms. The molecule has 3 unspecified atom stereocenters. The molecule has 2 N–H and O–H groups in total. The van der Waals surface area contributed by atoms with Crippen LogP contribution >= 0.6 is 11.6 Å². The lowest BCUT2D eigenvalue weighted by Crippen LogP contribution is -2.37. The first-order valence-corrected chi connectivity index (χ1v) is 6.70. The molecule has 1 fully saturated rings. The number of likely N-dealkylation sites (N-methyl/N-ethyl adjacent to an activating group) is 1. The van der Waals surface area contributed by atoms with Crippen LogP contribution in [0.1, 0.15) is 24.8 Å². The van der Waals surface area contributed by atoms with Crippen LogP contribution in [0.5, 0.6) is 0 Å². The first-order valence-electron chi connectivity index (χ1n) is 6.32. The molecule has 1 aromatic carbocycles. The lowest BCUT2D eigenvalue weighted by molar-refractivity contribution is -0.122. The third kappa shape index (κ3) is 3.24. The van der Waals surface area contributed by atoms with Gasteiger partial charge in [0.05, 0.1) is 0 Å². The summed E-state index contributed by atoms with van der Waals surface area (Å²) in [6.07, 6.45) is 0.931. The van der Waals surface area contributed by atoms with Crippen LogP contribution in [0.4, 0.5) is 0 Å². The third-order valence-electron chi connectivity index (χ3n) is 3.48. The molecular weight excluding hydrogens is 248 g/mol. The van der Waals surface area contributed by atoms with E-state index in [0.29, 0.717) is 18.5 Å². The van der Waals surface area contributed by atoms with Crippen LogP contribution in [0.15, 0.2) is 24.3 Å². The lowest BCUT2D eigenvalue weighted by Gasteiger charge is -2.11. The van der Waals surface area contributed by atoms with Gasteiger partial charge in [-0.05, 0) is 44.0 Å². The molecule has 3 atom stereocenters. The standard InChI is InChI=1S/C14H19ClN2O/c1-9(16-2)8-17-14(18)13-7-12(13)10-4-3-5-11(15)6-10/h3-6,9,12-13,16H,7-8H2,1-2H3,(H,17,18). The van der Waals surface area contributed by atoms with Gasteiger partial charge in [-0.3, -0.25) is 4.79 Å². The molecule has 2 rings (SSSR count). The molecule has 98 valence electrons. The van der Waals surface area contributed by atoms with Crippen molar-refractivity contribution in [2.24, 2.45) is 5.92 Å². The molecule has 1 aromatic rings. The molecule has 0 saturated heterocycles. The summed E-state index contributed by atoms with van der Waals surface area (Å²) in [5.41, 5.74) is 1.17. The topological polar surface area (TPSA) is 41.1 Å². The molecule has 0 radical (unpaired) electrons. The van der Waals surface area contributed by atoms with Crippen molar-refractivity contribution < 1.29 is 4.79 Å². The highest BCUT2D eigenvalue weighted by Crippen LogP contribution is 2.47. The Bertz CT molecular complexity index is 436. The second kappa shape index (κ2) is 5.72. The van der Waals surface area contributed by atoms with E-state index in [9.17, 15) is 4.79 Å². The predicted molar refractivity (Wildman–Crippen MR) is 73.8 cm³/mol.